The van der Waals surface area contributed by atoms with Crippen molar-refractivity contribution in [2.45, 2.75) is 19.3 Å². The third kappa shape index (κ3) is 4.94. The SMILES string of the molecule is CN(CCCNC(=O)C1CCN(c2cnccn2)CC1)c1ccccc1. The van der Waals surface area contributed by atoms with E-state index in [9.17, 15) is 4.79 Å². The molecule has 1 aliphatic heterocycles. The maximum Gasteiger partial charge on any atom is 0.223 e. The summed E-state index contributed by atoms with van der Waals surface area (Å²) in [5, 5.41) is 3.10. The van der Waals surface area contributed by atoms with Gasteiger partial charge in [-0.15, -0.1) is 0 Å². The third-order valence-corrected chi connectivity index (χ3v) is 4.91. The highest BCUT2D eigenvalue weighted by molar-refractivity contribution is 5.78. The molecule has 2 aromatic rings. The summed E-state index contributed by atoms with van der Waals surface area (Å²) in [5.41, 5.74) is 1.20. The number of hydrogen-bond acceptors (Lipinski definition) is 5. The van der Waals surface area contributed by atoms with Crippen molar-refractivity contribution in [2.75, 3.05) is 43.0 Å². The van der Waals surface area contributed by atoms with Gasteiger partial charge in [0.15, 0.2) is 0 Å². The van der Waals surface area contributed by atoms with Gasteiger partial charge in [-0.25, -0.2) is 4.98 Å². The third-order valence-electron chi connectivity index (χ3n) is 4.91. The molecule has 6 heteroatoms. The number of aromatic nitrogens is 2. The smallest absolute Gasteiger partial charge is 0.223 e. The molecule has 0 atom stereocenters. The molecule has 1 amide bonds. The maximum absolute atomic E-state index is 12.4. The number of nitrogens with one attached hydrogen (secondary N) is 1. The first-order valence-corrected chi connectivity index (χ1v) is 9.29. The highest BCUT2D eigenvalue weighted by Crippen LogP contribution is 2.21. The zero-order valence-corrected chi connectivity index (χ0v) is 15.3. The minimum absolute atomic E-state index is 0.106. The fraction of sp³-hybridized carbons (Fsp3) is 0.450. The summed E-state index contributed by atoms with van der Waals surface area (Å²) in [6, 6.07) is 10.3. The quantitative estimate of drug-likeness (QED) is 0.774. The fourth-order valence-corrected chi connectivity index (χ4v) is 3.31. The molecule has 6 nitrogen and oxygen atoms in total. The molecule has 0 unspecified atom stereocenters. The molecule has 0 aliphatic carbocycles. The van der Waals surface area contributed by atoms with Crippen LogP contribution in [0.4, 0.5) is 11.5 Å². The molecule has 1 fully saturated rings. The Morgan fingerprint density at radius 3 is 2.69 bits per heavy atom. The zero-order valence-electron chi connectivity index (χ0n) is 15.3. The second-order valence-corrected chi connectivity index (χ2v) is 6.73. The van der Waals surface area contributed by atoms with Gasteiger partial charge in [0.1, 0.15) is 5.82 Å². The highest BCUT2D eigenvalue weighted by atomic mass is 16.1. The summed E-state index contributed by atoms with van der Waals surface area (Å²) < 4.78 is 0. The van der Waals surface area contributed by atoms with Crippen LogP contribution in [-0.2, 0) is 4.79 Å². The van der Waals surface area contributed by atoms with E-state index in [-0.39, 0.29) is 11.8 Å². The molecule has 1 aliphatic rings. The van der Waals surface area contributed by atoms with Crippen LogP contribution in [0.2, 0.25) is 0 Å². The van der Waals surface area contributed by atoms with Crippen LogP contribution >= 0.6 is 0 Å². The topological polar surface area (TPSA) is 61.4 Å². The van der Waals surface area contributed by atoms with E-state index in [0.29, 0.717) is 0 Å². The molecule has 0 radical (unpaired) electrons. The summed E-state index contributed by atoms with van der Waals surface area (Å²) in [6.45, 7) is 3.36. The molecule has 26 heavy (non-hydrogen) atoms. The largest absolute Gasteiger partial charge is 0.375 e. The van der Waals surface area contributed by atoms with Gasteiger partial charge in [0.25, 0.3) is 0 Å². The van der Waals surface area contributed by atoms with Crippen molar-refractivity contribution in [3.05, 3.63) is 48.9 Å². The zero-order chi connectivity index (χ0) is 18.2. The Bertz CT molecular complexity index is 671. The molecule has 2 heterocycles. The van der Waals surface area contributed by atoms with Gasteiger partial charge in [0.05, 0.1) is 6.20 Å². The van der Waals surface area contributed by atoms with Crippen LogP contribution in [0.3, 0.4) is 0 Å². The van der Waals surface area contributed by atoms with E-state index < -0.39 is 0 Å². The number of amides is 1. The first kappa shape index (κ1) is 18.2. The van der Waals surface area contributed by atoms with E-state index in [0.717, 1.165) is 51.3 Å². The fourth-order valence-electron chi connectivity index (χ4n) is 3.31. The Morgan fingerprint density at radius 1 is 1.23 bits per heavy atom. The van der Waals surface area contributed by atoms with E-state index in [1.54, 1.807) is 18.6 Å². The van der Waals surface area contributed by atoms with Crippen molar-refractivity contribution in [3.63, 3.8) is 0 Å². The summed E-state index contributed by atoms with van der Waals surface area (Å²) in [7, 11) is 2.08. The number of piperidine rings is 1. The molecule has 1 N–H and O–H groups in total. The first-order chi connectivity index (χ1) is 12.7. The molecule has 3 rings (SSSR count). The van der Waals surface area contributed by atoms with Gasteiger partial charge in [-0.05, 0) is 31.4 Å². The van der Waals surface area contributed by atoms with E-state index in [1.165, 1.54) is 5.69 Å². The molecule has 0 saturated carbocycles. The number of anilines is 2. The Balaban J connectivity index is 1.34. The van der Waals surface area contributed by atoms with Crippen molar-refractivity contribution in [3.8, 4) is 0 Å². The second kappa shape index (κ2) is 9.17. The average Bonchev–Trinajstić information content (AvgIpc) is 2.72. The summed E-state index contributed by atoms with van der Waals surface area (Å²) in [5.74, 6) is 1.19. The lowest BCUT2D eigenvalue weighted by Gasteiger charge is -2.31. The Labute approximate surface area is 155 Å². The summed E-state index contributed by atoms with van der Waals surface area (Å²) in [4.78, 5) is 25.2. The van der Waals surface area contributed by atoms with E-state index in [4.69, 9.17) is 0 Å². The van der Waals surface area contributed by atoms with Crippen LogP contribution in [-0.4, -0.2) is 49.1 Å². The molecular formula is C20H27N5O. The number of carbonyl (C=O) groups is 1. The first-order valence-electron chi connectivity index (χ1n) is 9.29. The van der Waals surface area contributed by atoms with Gasteiger partial charge < -0.3 is 15.1 Å². The van der Waals surface area contributed by atoms with E-state index in [1.807, 2.05) is 18.2 Å². The second-order valence-electron chi connectivity index (χ2n) is 6.73. The van der Waals surface area contributed by atoms with Crippen LogP contribution in [0.25, 0.3) is 0 Å². The van der Waals surface area contributed by atoms with Gasteiger partial charge in [0.2, 0.25) is 5.91 Å². The molecule has 1 saturated heterocycles. The number of carbonyl (C=O) groups excluding carboxylic acids is 1. The number of hydrogen-bond donors (Lipinski definition) is 1. The van der Waals surface area contributed by atoms with E-state index in [2.05, 4.69) is 44.3 Å². The highest BCUT2D eigenvalue weighted by Gasteiger charge is 2.25. The molecular weight excluding hydrogens is 326 g/mol. The molecule has 138 valence electrons. The minimum Gasteiger partial charge on any atom is -0.375 e. The lowest BCUT2D eigenvalue weighted by Crippen LogP contribution is -2.41. The van der Waals surface area contributed by atoms with Gasteiger partial charge in [-0.2, -0.15) is 0 Å². The summed E-state index contributed by atoms with van der Waals surface area (Å²) in [6.07, 6.45) is 7.84. The van der Waals surface area contributed by atoms with Crippen LogP contribution < -0.4 is 15.1 Å². The predicted molar refractivity (Wildman–Crippen MR) is 104 cm³/mol. The van der Waals surface area contributed by atoms with Gasteiger partial charge >= 0.3 is 0 Å². The standard InChI is InChI=1S/C20H27N5O/c1-24(18-6-3-2-4-7-18)13-5-10-23-20(26)17-8-14-25(15-9-17)19-16-21-11-12-22-19/h2-4,6-7,11-12,16-17H,5,8-10,13-15H2,1H3,(H,23,26). The van der Waals surface area contributed by atoms with Crippen LogP contribution in [0.1, 0.15) is 19.3 Å². The van der Waals surface area contributed by atoms with E-state index >= 15 is 0 Å². The number of benzene rings is 1. The van der Waals surface area contributed by atoms with Crippen molar-refractivity contribution >= 4 is 17.4 Å². The Kier molecular flexibility index (Phi) is 6.41. The lowest BCUT2D eigenvalue weighted by atomic mass is 9.96. The maximum atomic E-state index is 12.4. The predicted octanol–water partition coefficient (Wildman–Crippen LogP) is 2.34. The van der Waals surface area contributed by atoms with Crippen LogP contribution in [0.5, 0.6) is 0 Å². The van der Waals surface area contributed by atoms with Crippen molar-refractivity contribution in [1.82, 2.24) is 15.3 Å². The molecule has 0 bridgehead atoms. The van der Waals surface area contributed by atoms with Gasteiger partial charge in [0, 0.05) is 57.2 Å². The number of para-hydroxylation sites is 1. The number of nitrogens with zero attached hydrogens (tertiary/aromatic N) is 4. The summed E-state index contributed by atoms with van der Waals surface area (Å²) >= 11 is 0. The van der Waals surface area contributed by atoms with Crippen LogP contribution in [0.15, 0.2) is 48.9 Å². The van der Waals surface area contributed by atoms with Crippen molar-refractivity contribution in [2.24, 2.45) is 5.92 Å². The van der Waals surface area contributed by atoms with Crippen molar-refractivity contribution in [1.29, 1.82) is 0 Å². The normalized spacial score (nSPS) is 14.9. The average molecular weight is 353 g/mol. The Hall–Kier alpha value is -2.63. The van der Waals surface area contributed by atoms with Gasteiger partial charge in [-0.1, -0.05) is 18.2 Å². The molecule has 0 spiro atoms. The lowest BCUT2D eigenvalue weighted by molar-refractivity contribution is -0.125. The number of rotatable bonds is 7. The monoisotopic (exact) mass is 353 g/mol. The Morgan fingerprint density at radius 2 is 2.00 bits per heavy atom. The van der Waals surface area contributed by atoms with Gasteiger partial charge in [-0.3, -0.25) is 9.78 Å². The molecule has 1 aromatic carbocycles. The minimum atomic E-state index is 0.106. The van der Waals surface area contributed by atoms with Crippen molar-refractivity contribution < 1.29 is 4.79 Å². The molecule has 1 aromatic heterocycles. The van der Waals surface area contributed by atoms with Crippen LogP contribution in [0, 0.1) is 5.92 Å².